The first-order valence-corrected chi connectivity index (χ1v) is 4.99. The highest BCUT2D eigenvalue weighted by molar-refractivity contribution is 5.85. The van der Waals surface area contributed by atoms with Gasteiger partial charge in [-0.3, -0.25) is 0 Å². The van der Waals surface area contributed by atoms with E-state index >= 15 is 0 Å². The molecule has 2 rings (SSSR count). The molecular weight excluding hydrogens is 182 g/mol. The quantitative estimate of drug-likeness (QED) is 0.731. The van der Waals surface area contributed by atoms with Gasteiger partial charge < -0.3 is 5.73 Å². The van der Waals surface area contributed by atoms with E-state index in [-0.39, 0.29) is 6.04 Å². The molecule has 0 saturated carbocycles. The molecule has 0 aromatic heterocycles. The molecule has 0 spiro atoms. The van der Waals surface area contributed by atoms with Gasteiger partial charge >= 0.3 is 0 Å². The first-order chi connectivity index (χ1) is 7.31. The summed E-state index contributed by atoms with van der Waals surface area (Å²) in [5, 5.41) is 2.48. The largest absolute Gasteiger partial charge is 0.317 e. The molecule has 15 heavy (non-hydrogen) atoms. The molecule has 2 N–H and O–H groups in total. The van der Waals surface area contributed by atoms with E-state index < -0.39 is 0 Å². The Morgan fingerprint density at radius 1 is 1.13 bits per heavy atom. The lowest BCUT2D eigenvalue weighted by molar-refractivity contribution is 0.841. The summed E-state index contributed by atoms with van der Waals surface area (Å²) in [6.45, 7) is 0. The van der Waals surface area contributed by atoms with Gasteiger partial charge in [-0.15, -0.1) is 6.42 Å². The monoisotopic (exact) mass is 195 g/mol. The van der Waals surface area contributed by atoms with Crippen molar-refractivity contribution in [3.63, 3.8) is 0 Å². The smallest absolute Gasteiger partial charge is 0.0703 e. The highest BCUT2D eigenvalue weighted by Gasteiger charge is 2.03. The van der Waals surface area contributed by atoms with Crippen molar-refractivity contribution in [1.29, 1.82) is 0 Å². The van der Waals surface area contributed by atoms with E-state index in [9.17, 15) is 0 Å². The van der Waals surface area contributed by atoms with Crippen LogP contribution in [0.4, 0.5) is 0 Å². The summed E-state index contributed by atoms with van der Waals surface area (Å²) in [5.41, 5.74) is 6.98. The molecule has 74 valence electrons. The van der Waals surface area contributed by atoms with Crippen molar-refractivity contribution in [2.45, 2.75) is 12.5 Å². The molecule has 1 heteroatoms. The molecule has 0 radical (unpaired) electrons. The van der Waals surface area contributed by atoms with E-state index in [2.05, 4.69) is 30.2 Å². The minimum Gasteiger partial charge on any atom is -0.317 e. The van der Waals surface area contributed by atoms with Gasteiger partial charge in [-0.05, 0) is 22.8 Å². The number of fused-ring (bicyclic) bond motifs is 1. The predicted molar refractivity (Wildman–Crippen MR) is 64.5 cm³/mol. The van der Waals surface area contributed by atoms with Crippen molar-refractivity contribution in [2.75, 3.05) is 0 Å². The maximum absolute atomic E-state index is 5.76. The molecule has 1 nitrogen and oxygen atoms in total. The number of hydrogen-bond acceptors (Lipinski definition) is 1. The fraction of sp³-hybridized carbons (Fsp3) is 0.143. The Morgan fingerprint density at radius 2 is 1.87 bits per heavy atom. The average Bonchev–Trinajstić information content (AvgIpc) is 2.29. The predicted octanol–water partition coefficient (Wildman–Crippen LogP) is 2.34. The molecule has 0 fully saturated rings. The van der Waals surface area contributed by atoms with Gasteiger partial charge in [0.2, 0.25) is 0 Å². The molecule has 2 aromatic rings. The van der Waals surface area contributed by atoms with Crippen LogP contribution in [0.1, 0.15) is 5.56 Å². The number of hydrogen-bond donors (Lipinski definition) is 1. The number of rotatable bonds is 2. The SMILES string of the molecule is C#CC(N)Cc1cccc2ccccc12. The Kier molecular flexibility index (Phi) is 2.71. The maximum atomic E-state index is 5.76. The van der Waals surface area contributed by atoms with Gasteiger partial charge in [-0.1, -0.05) is 48.4 Å². The molecule has 0 amide bonds. The van der Waals surface area contributed by atoms with E-state index in [0.717, 1.165) is 6.42 Å². The Hall–Kier alpha value is -1.78. The van der Waals surface area contributed by atoms with Crippen molar-refractivity contribution in [3.8, 4) is 12.3 Å². The topological polar surface area (TPSA) is 26.0 Å². The molecule has 0 aliphatic carbocycles. The van der Waals surface area contributed by atoms with Crippen LogP contribution in [-0.2, 0) is 6.42 Å². The zero-order valence-corrected chi connectivity index (χ0v) is 8.48. The van der Waals surface area contributed by atoms with E-state index in [4.69, 9.17) is 12.2 Å². The lowest BCUT2D eigenvalue weighted by atomic mass is 9.99. The van der Waals surface area contributed by atoms with Gasteiger partial charge in [0.25, 0.3) is 0 Å². The molecular formula is C14H13N. The van der Waals surface area contributed by atoms with Crippen molar-refractivity contribution in [1.82, 2.24) is 0 Å². The second-order valence-electron chi connectivity index (χ2n) is 3.62. The minimum absolute atomic E-state index is 0.198. The lowest BCUT2D eigenvalue weighted by Gasteiger charge is -2.08. The highest BCUT2D eigenvalue weighted by atomic mass is 14.6. The van der Waals surface area contributed by atoms with E-state index in [1.165, 1.54) is 16.3 Å². The number of benzene rings is 2. The van der Waals surface area contributed by atoms with Gasteiger partial charge in [-0.25, -0.2) is 0 Å². The standard InChI is InChI=1S/C14H13N/c1-2-13(15)10-12-8-5-7-11-6-3-4-9-14(11)12/h1,3-9,13H,10,15H2. The highest BCUT2D eigenvalue weighted by Crippen LogP contribution is 2.19. The van der Waals surface area contributed by atoms with Gasteiger partial charge in [-0.2, -0.15) is 0 Å². The summed E-state index contributed by atoms with van der Waals surface area (Å²) >= 11 is 0. The van der Waals surface area contributed by atoms with Crippen LogP contribution in [0.15, 0.2) is 42.5 Å². The molecule has 0 bridgehead atoms. The average molecular weight is 195 g/mol. The Morgan fingerprint density at radius 3 is 2.67 bits per heavy atom. The fourth-order valence-electron chi connectivity index (χ4n) is 1.77. The molecule has 1 atom stereocenters. The van der Waals surface area contributed by atoms with Crippen molar-refractivity contribution >= 4 is 10.8 Å². The molecule has 0 aliphatic rings. The van der Waals surface area contributed by atoms with Crippen LogP contribution in [-0.4, -0.2) is 6.04 Å². The summed E-state index contributed by atoms with van der Waals surface area (Å²) in [5.74, 6) is 2.56. The zero-order valence-electron chi connectivity index (χ0n) is 8.48. The Bertz CT molecular complexity index is 503. The van der Waals surface area contributed by atoms with Crippen molar-refractivity contribution in [2.24, 2.45) is 5.73 Å². The fourth-order valence-corrected chi connectivity index (χ4v) is 1.77. The second kappa shape index (κ2) is 4.16. The van der Waals surface area contributed by atoms with Gasteiger partial charge in [0.15, 0.2) is 0 Å². The van der Waals surface area contributed by atoms with E-state index in [0.29, 0.717) is 0 Å². The van der Waals surface area contributed by atoms with Crippen molar-refractivity contribution < 1.29 is 0 Å². The summed E-state index contributed by atoms with van der Waals surface area (Å²) in [4.78, 5) is 0. The zero-order chi connectivity index (χ0) is 10.7. The summed E-state index contributed by atoms with van der Waals surface area (Å²) in [7, 11) is 0. The summed E-state index contributed by atoms with van der Waals surface area (Å²) in [6, 6.07) is 14.3. The Balaban J connectivity index is 2.48. The molecule has 2 aromatic carbocycles. The molecule has 1 unspecified atom stereocenters. The molecule has 0 aliphatic heterocycles. The van der Waals surface area contributed by atoms with E-state index in [1.54, 1.807) is 0 Å². The van der Waals surface area contributed by atoms with Gasteiger partial charge in [0, 0.05) is 0 Å². The van der Waals surface area contributed by atoms with Crippen molar-refractivity contribution in [3.05, 3.63) is 48.0 Å². The Labute approximate surface area is 89.9 Å². The third kappa shape index (κ3) is 2.01. The lowest BCUT2D eigenvalue weighted by Crippen LogP contribution is -2.20. The minimum atomic E-state index is -0.198. The first kappa shape index (κ1) is 9.76. The maximum Gasteiger partial charge on any atom is 0.0703 e. The summed E-state index contributed by atoms with van der Waals surface area (Å²) < 4.78 is 0. The van der Waals surface area contributed by atoms with Crippen LogP contribution in [0.25, 0.3) is 10.8 Å². The van der Waals surface area contributed by atoms with Gasteiger partial charge in [0.1, 0.15) is 0 Å². The summed E-state index contributed by atoms with van der Waals surface area (Å²) in [6.07, 6.45) is 6.02. The van der Waals surface area contributed by atoms with Crippen LogP contribution < -0.4 is 5.73 Å². The third-order valence-electron chi connectivity index (χ3n) is 2.53. The normalized spacial score (nSPS) is 12.3. The molecule has 0 heterocycles. The third-order valence-corrected chi connectivity index (χ3v) is 2.53. The van der Waals surface area contributed by atoms with Gasteiger partial charge in [0.05, 0.1) is 6.04 Å². The van der Waals surface area contributed by atoms with Crippen LogP contribution in [0, 0.1) is 12.3 Å². The first-order valence-electron chi connectivity index (χ1n) is 4.99. The second-order valence-corrected chi connectivity index (χ2v) is 3.62. The molecule has 0 saturated heterocycles. The van der Waals surface area contributed by atoms with Crippen LogP contribution in [0.5, 0.6) is 0 Å². The van der Waals surface area contributed by atoms with Crippen LogP contribution in [0.2, 0.25) is 0 Å². The van der Waals surface area contributed by atoms with Crippen LogP contribution in [0.3, 0.4) is 0 Å². The van der Waals surface area contributed by atoms with E-state index in [1.807, 2.05) is 18.2 Å². The number of nitrogens with two attached hydrogens (primary N) is 1. The van der Waals surface area contributed by atoms with Crippen LogP contribution >= 0.6 is 0 Å². The number of terminal acetylenes is 1.